The highest BCUT2D eigenvalue weighted by Crippen LogP contribution is 2.10. The first-order valence-corrected chi connectivity index (χ1v) is 15.1. The number of carbonyl (C=O) groups excluding carboxylic acids is 6. The van der Waals surface area contributed by atoms with Crippen molar-refractivity contribution in [2.75, 3.05) is 13.1 Å². The van der Waals surface area contributed by atoms with Crippen molar-refractivity contribution in [1.29, 1.82) is 0 Å². The molecule has 13 nitrogen and oxygen atoms in total. The van der Waals surface area contributed by atoms with Gasteiger partial charge in [0.1, 0.15) is 23.7 Å². The van der Waals surface area contributed by atoms with Gasteiger partial charge in [0.15, 0.2) is 0 Å². The van der Waals surface area contributed by atoms with Crippen LogP contribution in [0.15, 0.2) is 60.7 Å². The van der Waals surface area contributed by atoms with Gasteiger partial charge in [-0.2, -0.15) is 0 Å². The molecule has 0 heterocycles. The highest BCUT2D eigenvalue weighted by Gasteiger charge is 2.27. The Hall–Kier alpha value is -4.94. The largest absolute Gasteiger partial charge is 0.444 e. The number of rotatable bonds is 16. The van der Waals surface area contributed by atoms with Gasteiger partial charge in [0.05, 0.1) is 13.1 Å². The number of ether oxygens (including phenoxy) is 1. The van der Waals surface area contributed by atoms with Gasteiger partial charge in [-0.3, -0.25) is 24.0 Å². The monoisotopic (exact) mass is 638 g/mol. The first kappa shape index (κ1) is 37.2. The fourth-order valence-electron chi connectivity index (χ4n) is 4.33. The Bertz CT molecular complexity index is 1330. The number of amides is 6. The number of alkyl carbamates (subject to hydrolysis) is 1. The molecule has 250 valence electrons. The molecule has 2 aromatic carbocycles. The predicted molar refractivity (Wildman–Crippen MR) is 172 cm³/mol. The van der Waals surface area contributed by atoms with Gasteiger partial charge < -0.3 is 37.1 Å². The fraction of sp³-hybridized carbons (Fsp3) is 0.455. The Morgan fingerprint density at radius 2 is 1.20 bits per heavy atom. The third-order valence-electron chi connectivity index (χ3n) is 6.46. The van der Waals surface area contributed by atoms with E-state index < -0.39 is 72.4 Å². The summed E-state index contributed by atoms with van der Waals surface area (Å²) in [5, 5.41) is 12.6. The van der Waals surface area contributed by atoms with Gasteiger partial charge in [0.2, 0.25) is 29.5 Å². The fourth-order valence-corrected chi connectivity index (χ4v) is 4.33. The van der Waals surface area contributed by atoms with Crippen LogP contribution in [0.3, 0.4) is 0 Å². The van der Waals surface area contributed by atoms with E-state index in [-0.39, 0.29) is 18.8 Å². The minimum absolute atomic E-state index is 0.0563. The normalized spacial score (nSPS) is 13.0. The van der Waals surface area contributed by atoms with Crippen molar-refractivity contribution in [3.8, 4) is 0 Å². The SMILES string of the molecule is CC(C)C[C@H](NC(=O)OC(C)(C)C)C(=O)NCC(=O)NCC(=O)N[C@H](Cc1ccccc1)C(=O)N[C@H](Cc1ccccc1)C(N)=O. The van der Waals surface area contributed by atoms with Crippen LogP contribution in [0.25, 0.3) is 0 Å². The zero-order valence-corrected chi connectivity index (χ0v) is 27.1. The average Bonchev–Trinajstić information content (AvgIpc) is 2.97. The van der Waals surface area contributed by atoms with Gasteiger partial charge in [0.25, 0.3) is 0 Å². The summed E-state index contributed by atoms with van der Waals surface area (Å²) >= 11 is 0. The molecule has 0 aliphatic carbocycles. The first-order valence-electron chi connectivity index (χ1n) is 15.1. The molecule has 0 saturated carbocycles. The van der Waals surface area contributed by atoms with Gasteiger partial charge in [-0.1, -0.05) is 74.5 Å². The van der Waals surface area contributed by atoms with Crippen molar-refractivity contribution < 1.29 is 33.5 Å². The summed E-state index contributed by atoms with van der Waals surface area (Å²) in [4.78, 5) is 75.7. The van der Waals surface area contributed by atoms with E-state index in [1.54, 1.807) is 69.3 Å². The highest BCUT2D eigenvalue weighted by atomic mass is 16.6. The van der Waals surface area contributed by atoms with Gasteiger partial charge in [-0.25, -0.2) is 4.79 Å². The van der Waals surface area contributed by atoms with Gasteiger partial charge in [-0.15, -0.1) is 0 Å². The minimum Gasteiger partial charge on any atom is -0.444 e. The predicted octanol–water partition coefficient (Wildman–Crippen LogP) is 1.10. The van der Waals surface area contributed by atoms with Crippen molar-refractivity contribution >= 4 is 35.6 Å². The Morgan fingerprint density at radius 1 is 0.674 bits per heavy atom. The van der Waals surface area contributed by atoms with E-state index in [2.05, 4.69) is 26.6 Å². The lowest BCUT2D eigenvalue weighted by molar-refractivity contribution is -0.131. The molecule has 0 fully saturated rings. The molecule has 0 bridgehead atoms. The molecule has 0 radical (unpaired) electrons. The average molecular weight is 639 g/mol. The van der Waals surface area contributed by atoms with E-state index in [0.717, 1.165) is 11.1 Å². The minimum atomic E-state index is -1.08. The molecule has 2 rings (SSSR count). The molecule has 0 aromatic heterocycles. The number of nitrogens with two attached hydrogens (primary N) is 1. The number of hydrogen-bond acceptors (Lipinski definition) is 7. The molecule has 0 aliphatic rings. The van der Waals surface area contributed by atoms with Crippen LogP contribution in [0, 0.1) is 5.92 Å². The maximum absolute atomic E-state index is 13.3. The van der Waals surface area contributed by atoms with Crippen molar-refractivity contribution in [3.63, 3.8) is 0 Å². The zero-order valence-electron chi connectivity index (χ0n) is 27.1. The molecule has 46 heavy (non-hydrogen) atoms. The molecule has 0 spiro atoms. The number of hydrogen-bond donors (Lipinski definition) is 6. The molecular formula is C33H46N6O7. The first-order chi connectivity index (χ1) is 21.6. The maximum Gasteiger partial charge on any atom is 0.408 e. The van der Waals surface area contributed by atoms with Gasteiger partial charge in [0, 0.05) is 12.8 Å². The second kappa shape index (κ2) is 18.1. The number of primary amides is 1. The van der Waals surface area contributed by atoms with Crippen LogP contribution in [-0.2, 0) is 41.6 Å². The molecule has 7 N–H and O–H groups in total. The molecular weight excluding hydrogens is 592 g/mol. The third kappa shape index (κ3) is 14.7. The van der Waals surface area contributed by atoms with Crippen LogP contribution in [0.4, 0.5) is 4.79 Å². The lowest BCUT2D eigenvalue weighted by Gasteiger charge is -2.24. The van der Waals surface area contributed by atoms with E-state index in [4.69, 9.17) is 10.5 Å². The van der Waals surface area contributed by atoms with Crippen LogP contribution < -0.4 is 32.3 Å². The van der Waals surface area contributed by atoms with Crippen LogP contribution in [0.5, 0.6) is 0 Å². The van der Waals surface area contributed by atoms with E-state index in [9.17, 15) is 28.8 Å². The summed E-state index contributed by atoms with van der Waals surface area (Å²) in [5.41, 5.74) is 6.35. The molecule has 2 aromatic rings. The lowest BCUT2D eigenvalue weighted by Crippen LogP contribution is -2.55. The summed E-state index contributed by atoms with van der Waals surface area (Å²) < 4.78 is 5.23. The van der Waals surface area contributed by atoms with Crippen LogP contribution in [-0.4, -0.2) is 72.4 Å². The number of carbonyl (C=O) groups is 6. The standard InChI is InChI=1S/C33H46N6O7/c1-21(2)16-25(39-32(45)46-33(3,4)5)30(43)36-19-27(40)35-20-28(41)37-26(18-23-14-10-7-11-15-23)31(44)38-24(29(34)42)17-22-12-8-6-9-13-22/h6-15,21,24-26H,16-20H2,1-5H3,(H2,34,42)(H,35,40)(H,36,43)(H,37,41)(H,38,44)(H,39,45)/t24-,25+,26-/m1/s1. The van der Waals surface area contributed by atoms with Gasteiger partial charge >= 0.3 is 6.09 Å². The second-order valence-electron chi connectivity index (χ2n) is 12.3. The topological polar surface area (TPSA) is 198 Å². The van der Waals surface area contributed by atoms with E-state index >= 15 is 0 Å². The molecule has 3 atom stereocenters. The summed E-state index contributed by atoms with van der Waals surface area (Å²) in [6, 6.07) is 15.0. The molecule has 13 heteroatoms. The Labute approximate surface area is 269 Å². The number of nitrogens with one attached hydrogen (secondary N) is 5. The smallest absolute Gasteiger partial charge is 0.408 e. The molecule has 0 unspecified atom stereocenters. The van der Waals surface area contributed by atoms with Crippen molar-refractivity contribution in [1.82, 2.24) is 26.6 Å². The number of benzene rings is 2. The Kier molecular flexibility index (Phi) is 14.7. The molecule has 6 amide bonds. The lowest BCUT2D eigenvalue weighted by atomic mass is 10.0. The van der Waals surface area contributed by atoms with Gasteiger partial charge in [-0.05, 0) is 44.2 Å². The van der Waals surface area contributed by atoms with Crippen molar-refractivity contribution in [3.05, 3.63) is 71.8 Å². The van der Waals surface area contributed by atoms with Crippen molar-refractivity contribution in [2.45, 2.75) is 77.6 Å². The third-order valence-corrected chi connectivity index (χ3v) is 6.46. The van der Waals surface area contributed by atoms with Crippen molar-refractivity contribution in [2.24, 2.45) is 11.7 Å². The summed E-state index contributed by atoms with van der Waals surface area (Å²) in [6.07, 6.45) is -0.171. The zero-order chi connectivity index (χ0) is 34.3. The molecule has 0 aliphatic heterocycles. The van der Waals surface area contributed by atoms with Crippen LogP contribution in [0.2, 0.25) is 0 Å². The maximum atomic E-state index is 13.3. The van der Waals surface area contributed by atoms with E-state index in [0.29, 0.717) is 6.42 Å². The Morgan fingerprint density at radius 3 is 1.70 bits per heavy atom. The Balaban J connectivity index is 1.98. The van der Waals surface area contributed by atoms with E-state index in [1.807, 2.05) is 26.0 Å². The quantitative estimate of drug-likeness (QED) is 0.158. The van der Waals surface area contributed by atoms with Crippen LogP contribution >= 0.6 is 0 Å². The summed E-state index contributed by atoms with van der Waals surface area (Å²) in [7, 11) is 0. The molecule has 0 saturated heterocycles. The summed E-state index contributed by atoms with van der Waals surface area (Å²) in [5.74, 6) is -3.21. The second-order valence-corrected chi connectivity index (χ2v) is 12.3. The van der Waals surface area contributed by atoms with E-state index in [1.165, 1.54) is 0 Å². The summed E-state index contributed by atoms with van der Waals surface area (Å²) in [6.45, 7) is 7.92. The van der Waals surface area contributed by atoms with Crippen LogP contribution in [0.1, 0.15) is 52.2 Å². The highest BCUT2D eigenvalue weighted by molar-refractivity contribution is 5.94.